The predicted molar refractivity (Wildman–Crippen MR) is 62.6 cm³/mol. The van der Waals surface area contributed by atoms with E-state index >= 15 is 0 Å². The molecule has 1 fully saturated rings. The minimum atomic E-state index is 0.788. The SMILES string of the molecule is Cc1cc(N2CCC(C)C2)ccc1C=O. The van der Waals surface area contributed by atoms with E-state index in [4.69, 9.17) is 0 Å². The lowest BCUT2D eigenvalue weighted by Crippen LogP contribution is -2.19. The van der Waals surface area contributed by atoms with Gasteiger partial charge in [0.15, 0.2) is 0 Å². The second-order valence-electron chi connectivity index (χ2n) is 4.50. The topological polar surface area (TPSA) is 20.3 Å². The minimum Gasteiger partial charge on any atom is -0.371 e. The Bertz CT molecular complexity index is 373. The summed E-state index contributed by atoms with van der Waals surface area (Å²) in [6, 6.07) is 6.08. The lowest BCUT2D eigenvalue weighted by molar-refractivity contribution is 0.112. The van der Waals surface area contributed by atoms with Gasteiger partial charge in [0.1, 0.15) is 6.29 Å². The van der Waals surface area contributed by atoms with Crippen LogP contribution in [0.4, 0.5) is 5.69 Å². The smallest absolute Gasteiger partial charge is 0.150 e. The number of carbonyl (C=O) groups is 1. The second kappa shape index (κ2) is 4.05. The number of carbonyl (C=O) groups excluding carboxylic acids is 1. The van der Waals surface area contributed by atoms with E-state index in [1.807, 2.05) is 13.0 Å². The zero-order valence-electron chi connectivity index (χ0n) is 9.36. The maximum Gasteiger partial charge on any atom is 0.150 e. The predicted octanol–water partition coefficient (Wildman–Crippen LogP) is 2.65. The molecule has 1 atom stereocenters. The molecule has 1 aromatic rings. The van der Waals surface area contributed by atoms with Crippen molar-refractivity contribution in [1.82, 2.24) is 0 Å². The first-order valence-electron chi connectivity index (χ1n) is 5.51. The summed E-state index contributed by atoms with van der Waals surface area (Å²) < 4.78 is 0. The molecule has 2 heteroatoms. The Morgan fingerprint density at radius 2 is 2.27 bits per heavy atom. The van der Waals surface area contributed by atoms with Crippen LogP contribution in [0.5, 0.6) is 0 Å². The zero-order chi connectivity index (χ0) is 10.8. The van der Waals surface area contributed by atoms with Crippen molar-refractivity contribution in [3.05, 3.63) is 29.3 Å². The van der Waals surface area contributed by atoms with E-state index in [1.165, 1.54) is 12.1 Å². The molecule has 0 amide bonds. The van der Waals surface area contributed by atoms with Crippen molar-refractivity contribution in [3.8, 4) is 0 Å². The Hall–Kier alpha value is -1.31. The third-order valence-electron chi connectivity index (χ3n) is 3.17. The van der Waals surface area contributed by atoms with Gasteiger partial charge in [0, 0.05) is 24.3 Å². The highest BCUT2D eigenvalue weighted by atomic mass is 16.1. The maximum absolute atomic E-state index is 10.7. The highest BCUT2D eigenvalue weighted by Gasteiger charge is 2.18. The Balaban J connectivity index is 2.22. The number of benzene rings is 1. The van der Waals surface area contributed by atoms with Crippen LogP contribution >= 0.6 is 0 Å². The van der Waals surface area contributed by atoms with Crippen LogP contribution in [-0.4, -0.2) is 19.4 Å². The van der Waals surface area contributed by atoms with Crippen LogP contribution in [0.15, 0.2) is 18.2 Å². The lowest BCUT2D eigenvalue weighted by atomic mass is 10.1. The molecule has 1 aliphatic rings. The molecule has 0 aliphatic carbocycles. The normalized spacial score (nSPS) is 20.7. The third-order valence-corrected chi connectivity index (χ3v) is 3.17. The molecular formula is C13H17NO. The van der Waals surface area contributed by atoms with Crippen molar-refractivity contribution in [2.24, 2.45) is 5.92 Å². The molecule has 1 heterocycles. The number of anilines is 1. The summed E-state index contributed by atoms with van der Waals surface area (Å²) in [7, 11) is 0. The van der Waals surface area contributed by atoms with E-state index < -0.39 is 0 Å². The lowest BCUT2D eigenvalue weighted by Gasteiger charge is -2.19. The van der Waals surface area contributed by atoms with Gasteiger partial charge in [-0.2, -0.15) is 0 Å². The van der Waals surface area contributed by atoms with Gasteiger partial charge in [0.25, 0.3) is 0 Å². The summed E-state index contributed by atoms with van der Waals surface area (Å²) in [6.07, 6.45) is 2.19. The standard InChI is InChI=1S/C13H17NO/c1-10-5-6-14(8-10)13-4-3-12(9-15)11(2)7-13/h3-4,7,9-10H,5-6,8H2,1-2H3. The number of hydrogen-bond acceptors (Lipinski definition) is 2. The van der Waals surface area contributed by atoms with Gasteiger partial charge in [0.05, 0.1) is 0 Å². The highest BCUT2D eigenvalue weighted by molar-refractivity contribution is 5.78. The largest absolute Gasteiger partial charge is 0.371 e. The second-order valence-corrected chi connectivity index (χ2v) is 4.50. The summed E-state index contributed by atoms with van der Waals surface area (Å²) in [4.78, 5) is 13.1. The minimum absolute atomic E-state index is 0.788. The zero-order valence-corrected chi connectivity index (χ0v) is 9.36. The van der Waals surface area contributed by atoms with E-state index in [0.29, 0.717) is 0 Å². The summed E-state index contributed by atoms with van der Waals surface area (Å²) in [5.41, 5.74) is 3.12. The van der Waals surface area contributed by atoms with Gasteiger partial charge in [-0.1, -0.05) is 6.92 Å². The molecule has 0 radical (unpaired) electrons. The Morgan fingerprint density at radius 3 is 2.80 bits per heavy atom. The van der Waals surface area contributed by atoms with Crippen LogP contribution < -0.4 is 4.90 Å². The van der Waals surface area contributed by atoms with E-state index in [2.05, 4.69) is 24.0 Å². The molecule has 1 aliphatic heterocycles. The van der Waals surface area contributed by atoms with Crippen molar-refractivity contribution >= 4 is 12.0 Å². The summed E-state index contributed by atoms with van der Waals surface area (Å²) >= 11 is 0. The summed E-state index contributed by atoms with van der Waals surface area (Å²) in [5, 5.41) is 0. The molecular weight excluding hydrogens is 186 g/mol. The van der Waals surface area contributed by atoms with Crippen LogP contribution in [0.1, 0.15) is 29.3 Å². The first-order chi connectivity index (χ1) is 7.20. The van der Waals surface area contributed by atoms with Gasteiger partial charge in [-0.3, -0.25) is 4.79 Å². The van der Waals surface area contributed by atoms with Crippen molar-refractivity contribution in [2.75, 3.05) is 18.0 Å². The van der Waals surface area contributed by atoms with E-state index in [-0.39, 0.29) is 0 Å². The number of nitrogens with zero attached hydrogens (tertiary/aromatic N) is 1. The van der Waals surface area contributed by atoms with Crippen molar-refractivity contribution in [1.29, 1.82) is 0 Å². The fourth-order valence-electron chi connectivity index (χ4n) is 2.16. The Kier molecular flexibility index (Phi) is 2.76. The first kappa shape index (κ1) is 10.2. The summed E-state index contributed by atoms with van der Waals surface area (Å²) in [5.74, 6) is 0.788. The van der Waals surface area contributed by atoms with Gasteiger partial charge in [0.2, 0.25) is 0 Å². The quantitative estimate of drug-likeness (QED) is 0.689. The summed E-state index contributed by atoms with van der Waals surface area (Å²) in [6.45, 7) is 6.56. The molecule has 1 saturated heterocycles. The highest BCUT2D eigenvalue weighted by Crippen LogP contribution is 2.24. The molecule has 15 heavy (non-hydrogen) atoms. The van der Waals surface area contributed by atoms with Crippen LogP contribution in [0.3, 0.4) is 0 Å². The van der Waals surface area contributed by atoms with Gasteiger partial charge < -0.3 is 4.90 Å². The molecule has 2 nitrogen and oxygen atoms in total. The van der Waals surface area contributed by atoms with Crippen LogP contribution in [-0.2, 0) is 0 Å². The molecule has 0 aromatic heterocycles. The molecule has 2 rings (SSSR count). The van der Waals surface area contributed by atoms with Gasteiger partial charge in [-0.15, -0.1) is 0 Å². The molecule has 1 unspecified atom stereocenters. The van der Waals surface area contributed by atoms with Crippen molar-refractivity contribution < 1.29 is 4.79 Å². The van der Waals surface area contributed by atoms with Gasteiger partial charge >= 0.3 is 0 Å². The molecule has 0 spiro atoms. The Labute approximate surface area is 90.9 Å². The van der Waals surface area contributed by atoms with E-state index in [9.17, 15) is 4.79 Å². The average Bonchev–Trinajstić information content (AvgIpc) is 2.65. The molecule has 0 N–H and O–H groups in total. The number of aldehydes is 1. The molecule has 1 aromatic carbocycles. The van der Waals surface area contributed by atoms with Crippen molar-refractivity contribution in [2.45, 2.75) is 20.3 Å². The number of aryl methyl sites for hydroxylation is 1. The number of rotatable bonds is 2. The van der Waals surface area contributed by atoms with E-state index in [0.717, 1.165) is 36.4 Å². The van der Waals surface area contributed by atoms with Crippen LogP contribution in [0, 0.1) is 12.8 Å². The maximum atomic E-state index is 10.7. The van der Waals surface area contributed by atoms with Crippen LogP contribution in [0.25, 0.3) is 0 Å². The molecule has 0 bridgehead atoms. The first-order valence-corrected chi connectivity index (χ1v) is 5.51. The van der Waals surface area contributed by atoms with Crippen molar-refractivity contribution in [3.63, 3.8) is 0 Å². The van der Waals surface area contributed by atoms with E-state index in [1.54, 1.807) is 0 Å². The Morgan fingerprint density at radius 1 is 1.47 bits per heavy atom. The van der Waals surface area contributed by atoms with Crippen LogP contribution in [0.2, 0.25) is 0 Å². The van der Waals surface area contributed by atoms with Gasteiger partial charge in [-0.05, 0) is 43.0 Å². The number of hydrogen-bond donors (Lipinski definition) is 0. The fraction of sp³-hybridized carbons (Fsp3) is 0.462. The van der Waals surface area contributed by atoms with Gasteiger partial charge in [-0.25, -0.2) is 0 Å². The molecule has 0 saturated carbocycles. The monoisotopic (exact) mass is 203 g/mol. The average molecular weight is 203 g/mol. The fourth-order valence-corrected chi connectivity index (χ4v) is 2.16. The molecule has 80 valence electrons. The third kappa shape index (κ3) is 2.04.